The Hall–Kier alpha value is -1.37. The fraction of sp³-hybridized carbons (Fsp3) is 0.429. The maximum absolute atomic E-state index is 5.38. The van der Waals surface area contributed by atoms with Crippen LogP contribution in [0.5, 0.6) is 0 Å². The number of benzene rings is 1. The van der Waals surface area contributed by atoms with Gasteiger partial charge in [0.25, 0.3) is 0 Å². The first-order valence-corrected chi connectivity index (χ1v) is 7.93. The van der Waals surface area contributed by atoms with Crippen LogP contribution in [0.1, 0.15) is 5.56 Å². The number of ether oxygens (including phenoxy) is 1. The number of nitrogens with one attached hydrogen (secondary N) is 1. The van der Waals surface area contributed by atoms with Gasteiger partial charge in [-0.1, -0.05) is 30.0 Å². The zero-order valence-corrected chi connectivity index (χ0v) is 12.3. The summed E-state index contributed by atoms with van der Waals surface area (Å²) in [4.78, 5) is 6.86. The number of nitrogens with zero attached hydrogens (tertiary/aromatic N) is 3. The normalized spacial score (nSPS) is 16.4. The summed E-state index contributed by atoms with van der Waals surface area (Å²) in [5.74, 6) is 0.832. The molecule has 1 aliphatic rings. The molecule has 6 heteroatoms. The van der Waals surface area contributed by atoms with Crippen molar-refractivity contribution in [1.29, 1.82) is 0 Å². The van der Waals surface area contributed by atoms with E-state index in [9.17, 15) is 0 Å². The molecule has 106 valence electrons. The van der Waals surface area contributed by atoms with Gasteiger partial charge in [-0.2, -0.15) is 0 Å². The molecule has 5 nitrogen and oxygen atoms in total. The van der Waals surface area contributed by atoms with E-state index in [2.05, 4.69) is 44.3 Å². The van der Waals surface area contributed by atoms with E-state index in [0.29, 0.717) is 0 Å². The van der Waals surface area contributed by atoms with Gasteiger partial charge in [0.15, 0.2) is 5.82 Å². The predicted molar refractivity (Wildman–Crippen MR) is 79.7 cm³/mol. The lowest BCUT2D eigenvalue weighted by atomic mass is 10.1. The Balaban J connectivity index is 1.74. The minimum atomic E-state index is 0.776. The maximum Gasteiger partial charge on any atom is 0.208 e. The zero-order valence-electron chi connectivity index (χ0n) is 11.5. The molecule has 1 aliphatic heterocycles. The molecule has 0 atom stereocenters. The van der Waals surface area contributed by atoms with Gasteiger partial charge in [0.2, 0.25) is 5.16 Å². The monoisotopic (exact) mass is 290 g/mol. The molecule has 1 fully saturated rings. The highest BCUT2D eigenvalue weighted by Gasteiger charge is 2.11. The van der Waals surface area contributed by atoms with Gasteiger partial charge in [-0.05, 0) is 17.9 Å². The first-order chi connectivity index (χ1) is 9.85. The molecule has 1 N–H and O–H groups in total. The summed E-state index contributed by atoms with van der Waals surface area (Å²) < 4.78 is 5.38. The lowest BCUT2D eigenvalue weighted by molar-refractivity contribution is 0.0342. The van der Waals surface area contributed by atoms with Crippen LogP contribution < -0.4 is 0 Å². The van der Waals surface area contributed by atoms with Gasteiger partial charge >= 0.3 is 0 Å². The Labute approximate surface area is 122 Å². The van der Waals surface area contributed by atoms with E-state index >= 15 is 0 Å². The van der Waals surface area contributed by atoms with E-state index in [1.165, 1.54) is 5.56 Å². The number of H-pyrrole nitrogens is 1. The highest BCUT2D eigenvalue weighted by molar-refractivity contribution is 7.98. The van der Waals surface area contributed by atoms with Crippen molar-refractivity contribution in [1.82, 2.24) is 20.1 Å². The van der Waals surface area contributed by atoms with Gasteiger partial charge in [0, 0.05) is 25.2 Å². The third-order valence-electron chi connectivity index (χ3n) is 3.36. The average Bonchev–Trinajstić information content (AvgIpc) is 2.98. The molecule has 0 radical (unpaired) electrons. The van der Waals surface area contributed by atoms with Crippen LogP contribution in [0, 0.1) is 0 Å². The minimum Gasteiger partial charge on any atom is -0.379 e. The lowest BCUT2D eigenvalue weighted by Gasteiger charge is -2.26. The van der Waals surface area contributed by atoms with Crippen molar-refractivity contribution in [2.75, 3.05) is 32.6 Å². The minimum absolute atomic E-state index is 0.776. The van der Waals surface area contributed by atoms with Crippen molar-refractivity contribution in [3.63, 3.8) is 0 Å². The first-order valence-electron chi connectivity index (χ1n) is 6.71. The first kappa shape index (κ1) is 13.6. The fourth-order valence-electron chi connectivity index (χ4n) is 2.30. The molecule has 3 rings (SSSR count). The summed E-state index contributed by atoms with van der Waals surface area (Å²) in [7, 11) is 0. The molecule has 1 aromatic carbocycles. The third kappa shape index (κ3) is 3.20. The Bertz CT molecular complexity index is 566. The summed E-state index contributed by atoms with van der Waals surface area (Å²) in [5.41, 5.74) is 2.38. The molecule has 0 unspecified atom stereocenters. The molecule has 1 saturated heterocycles. The number of thioether (sulfide) groups is 1. The number of aromatic amines is 1. The summed E-state index contributed by atoms with van der Waals surface area (Å²) in [6.07, 6.45) is 1.97. The van der Waals surface area contributed by atoms with Crippen LogP contribution in [0.3, 0.4) is 0 Å². The second-order valence-electron chi connectivity index (χ2n) is 4.76. The SMILES string of the molecule is CSc1n[nH]c(-c2cccc(CN3CCOCC3)c2)n1. The smallest absolute Gasteiger partial charge is 0.208 e. The Kier molecular flexibility index (Phi) is 4.34. The average molecular weight is 290 g/mol. The Morgan fingerprint density at radius 3 is 2.95 bits per heavy atom. The van der Waals surface area contributed by atoms with E-state index in [-0.39, 0.29) is 0 Å². The van der Waals surface area contributed by atoms with Gasteiger partial charge in [-0.15, -0.1) is 5.10 Å². The van der Waals surface area contributed by atoms with Crippen LogP contribution in [0.15, 0.2) is 29.4 Å². The molecular formula is C14H18N4OS. The highest BCUT2D eigenvalue weighted by atomic mass is 32.2. The quantitative estimate of drug-likeness (QED) is 0.873. The van der Waals surface area contributed by atoms with Gasteiger partial charge in [0.05, 0.1) is 13.2 Å². The van der Waals surface area contributed by atoms with E-state index in [1.54, 1.807) is 11.8 Å². The molecule has 1 aromatic heterocycles. The fourth-order valence-corrected chi connectivity index (χ4v) is 2.62. The van der Waals surface area contributed by atoms with Gasteiger partial charge < -0.3 is 4.74 Å². The lowest BCUT2D eigenvalue weighted by Crippen LogP contribution is -2.35. The number of aromatic nitrogens is 3. The number of hydrogen-bond acceptors (Lipinski definition) is 5. The van der Waals surface area contributed by atoms with Crippen LogP contribution in [-0.2, 0) is 11.3 Å². The van der Waals surface area contributed by atoms with Crippen LogP contribution in [0.25, 0.3) is 11.4 Å². The van der Waals surface area contributed by atoms with E-state index in [4.69, 9.17) is 4.74 Å². The molecular weight excluding hydrogens is 272 g/mol. The standard InChI is InChI=1S/C14H18N4OS/c1-20-14-15-13(16-17-14)12-4-2-3-11(9-12)10-18-5-7-19-8-6-18/h2-4,9H,5-8,10H2,1H3,(H,15,16,17). The van der Waals surface area contributed by atoms with E-state index in [0.717, 1.165) is 49.4 Å². The molecule has 2 aromatic rings. The van der Waals surface area contributed by atoms with Crippen LogP contribution in [-0.4, -0.2) is 52.6 Å². The molecule has 0 bridgehead atoms. The molecule has 0 aliphatic carbocycles. The van der Waals surface area contributed by atoms with Crippen molar-refractivity contribution in [3.05, 3.63) is 29.8 Å². The molecule has 0 saturated carbocycles. The second kappa shape index (κ2) is 6.39. The van der Waals surface area contributed by atoms with Gasteiger partial charge in [-0.3, -0.25) is 10.00 Å². The van der Waals surface area contributed by atoms with E-state index < -0.39 is 0 Å². The molecule has 20 heavy (non-hydrogen) atoms. The Morgan fingerprint density at radius 1 is 1.35 bits per heavy atom. The molecule has 2 heterocycles. The number of hydrogen-bond donors (Lipinski definition) is 1. The van der Waals surface area contributed by atoms with Crippen molar-refractivity contribution < 1.29 is 4.74 Å². The van der Waals surface area contributed by atoms with Crippen LogP contribution in [0.4, 0.5) is 0 Å². The Morgan fingerprint density at radius 2 is 2.20 bits per heavy atom. The number of morpholine rings is 1. The van der Waals surface area contributed by atoms with E-state index in [1.807, 2.05) is 6.26 Å². The zero-order chi connectivity index (χ0) is 13.8. The molecule has 0 spiro atoms. The summed E-state index contributed by atoms with van der Waals surface area (Å²) in [6.45, 7) is 4.63. The summed E-state index contributed by atoms with van der Waals surface area (Å²) in [6, 6.07) is 8.48. The van der Waals surface area contributed by atoms with Crippen molar-refractivity contribution in [3.8, 4) is 11.4 Å². The van der Waals surface area contributed by atoms with Gasteiger partial charge in [0.1, 0.15) is 0 Å². The van der Waals surface area contributed by atoms with Crippen LogP contribution in [0.2, 0.25) is 0 Å². The summed E-state index contributed by atoms with van der Waals surface area (Å²) >= 11 is 1.54. The van der Waals surface area contributed by atoms with Crippen molar-refractivity contribution >= 4 is 11.8 Å². The van der Waals surface area contributed by atoms with Gasteiger partial charge in [-0.25, -0.2) is 4.98 Å². The maximum atomic E-state index is 5.38. The van der Waals surface area contributed by atoms with Crippen LogP contribution >= 0.6 is 11.8 Å². The predicted octanol–water partition coefficient (Wildman–Crippen LogP) is 2.03. The largest absolute Gasteiger partial charge is 0.379 e. The van der Waals surface area contributed by atoms with Crippen molar-refractivity contribution in [2.45, 2.75) is 11.7 Å². The molecule has 0 amide bonds. The second-order valence-corrected chi connectivity index (χ2v) is 5.53. The van der Waals surface area contributed by atoms with Crippen molar-refractivity contribution in [2.24, 2.45) is 0 Å². The highest BCUT2D eigenvalue weighted by Crippen LogP contribution is 2.19. The summed E-state index contributed by atoms with van der Waals surface area (Å²) in [5, 5.41) is 7.92. The number of rotatable bonds is 4. The topological polar surface area (TPSA) is 54.0 Å². The third-order valence-corrected chi connectivity index (χ3v) is 3.91.